The number of hydrogen-bond donors (Lipinski definition) is 0. The van der Waals surface area contributed by atoms with Gasteiger partial charge < -0.3 is 9.80 Å². The van der Waals surface area contributed by atoms with E-state index in [9.17, 15) is 0 Å². The molecule has 7 heteroatoms. The highest BCUT2D eigenvalue weighted by Gasteiger charge is 2.32. The van der Waals surface area contributed by atoms with Crippen LogP contribution in [0.5, 0.6) is 0 Å². The summed E-state index contributed by atoms with van der Waals surface area (Å²) in [7, 11) is 2.14. The molecule has 1 aliphatic rings. The molecule has 9 rings (SSSR count). The molecular formula is C56H61N7. The fraction of sp³-hybridized carbons (Fsp3) is 0.321. The molecule has 320 valence electrons. The number of anilines is 3. The first kappa shape index (κ1) is 42.0. The van der Waals surface area contributed by atoms with Crippen molar-refractivity contribution in [2.24, 2.45) is 0 Å². The molecule has 0 saturated carbocycles. The summed E-state index contributed by atoms with van der Waals surface area (Å²) in [5.41, 5.74) is 13.1. The van der Waals surface area contributed by atoms with Crippen molar-refractivity contribution >= 4 is 38.9 Å². The van der Waals surface area contributed by atoms with Crippen LogP contribution in [-0.4, -0.2) is 38.2 Å². The Kier molecular flexibility index (Phi) is 9.93. The van der Waals surface area contributed by atoms with Gasteiger partial charge in [-0.15, -0.1) is 0 Å². The Labute approximate surface area is 373 Å². The first-order valence-corrected chi connectivity index (χ1v) is 22.3. The molecule has 5 aromatic carbocycles. The van der Waals surface area contributed by atoms with Crippen molar-refractivity contribution in [3.05, 3.63) is 144 Å². The van der Waals surface area contributed by atoms with E-state index in [0.717, 1.165) is 51.3 Å². The molecule has 0 fully saturated rings. The number of hydrogen-bond acceptors (Lipinski definition) is 6. The van der Waals surface area contributed by atoms with Crippen LogP contribution in [0.1, 0.15) is 105 Å². The Balaban J connectivity index is 1.32. The van der Waals surface area contributed by atoms with Crippen LogP contribution in [0, 0.1) is 0 Å². The fourth-order valence-electron chi connectivity index (χ4n) is 9.02. The van der Waals surface area contributed by atoms with Crippen LogP contribution in [0.2, 0.25) is 0 Å². The third kappa shape index (κ3) is 7.66. The number of fused-ring (bicyclic) bond motifs is 4. The molecule has 0 radical (unpaired) electrons. The van der Waals surface area contributed by atoms with Crippen molar-refractivity contribution in [1.29, 1.82) is 0 Å². The minimum atomic E-state index is -0.201. The second-order valence-electron chi connectivity index (χ2n) is 21.5. The summed E-state index contributed by atoms with van der Waals surface area (Å²) in [6, 6.07) is 41.6. The summed E-state index contributed by atoms with van der Waals surface area (Å²) >= 11 is 0. The highest BCUT2D eigenvalue weighted by molar-refractivity contribution is 6.10. The van der Waals surface area contributed by atoms with E-state index in [1.807, 2.05) is 6.20 Å². The van der Waals surface area contributed by atoms with Gasteiger partial charge in [-0.2, -0.15) is 0 Å². The van der Waals surface area contributed by atoms with Crippen LogP contribution in [0.25, 0.3) is 61.8 Å². The van der Waals surface area contributed by atoms with Crippen molar-refractivity contribution < 1.29 is 0 Å². The summed E-state index contributed by atoms with van der Waals surface area (Å²) in [6.07, 6.45) is 1.93. The Hall–Kier alpha value is -6.34. The van der Waals surface area contributed by atoms with Crippen molar-refractivity contribution in [2.75, 3.05) is 23.5 Å². The standard InChI is InChI=1S/C56H61N7/c1-53(2,3)37-27-28-57-48(33-37)63-44-22-15-14-21-40(44)41-26-25-36(30-47(41)63)51-58-50(35-19-18-20-39(29-35)62-34-61(13)45-23-16-17-24-46(45)62)59-52(60-51)49-42(55(7,8)9)31-38(54(4,5)6)32-43(49)56(10,11)12/h14-33H,34H2,1-13H3. The Morgan fingerprint density at radius 1 is 0.476 bits per heavy atom. The van der Waals surface area contributed by atoms with Gasteiger partial charge in [0.15, 0.2) is 17.5 Å². The average molecular weight is 832 g/mol. The molecule has 1 aliphatic heterocycles. The molecule has 0 aliphatic carbocycles. The molecule has 0 N–H and O–H groups in total. The second kappa shape index (κ2) is 14.9. The summed E-state index contributed by atoms with van der Waals surface area (Å²) in [5, 5.41) is 2.33. The predicted octanol–water partition coefficient (Wildman–Crippen LogP) is 14.1. The Bertz CT molecular complexity index is 3020. The van der Waals surface area contributed by atoms with Gasteiger partial charge in [-0.05, 0) is 92.4 Å². The van der Waals surface area contributed by atoms with E-state index in [1.54, 1.807) is 0 Å². The number of rotatable bonds is 5. The molecule has 0 bridgehead atoms. The maximum atomic E-state index is 5.52. The van der Waals surface area contributed by atoms with E-state index in [1.165, 1.54) is 39.0 Å². The molecule has 0 unspecified atom stereocenters. The minimum absolute atomic E-state index is 0.0341. The summed E-state index contributed by atoms with van der Waals surface area (Å²) in [5.74, 6) is 2.83. The van der Waals surface area contributed by atoms with Crippen LogP contribution < -0.4 is 9.80 Å². The van der Waals surface area contributed by atoms with Gasteiger partial charge in [0.05, 0.1) is 29.1 Å². The Morgan fingerprint density at radius 2 is 1.06 bits per heavy atom. The maximum absolute atomic E-state index is 5.52. The highest BCUT2D eigenvalue weighted by Crippen LogP contribution is 2.45. The summed E-state index contributed by atoms with van der Waals surface area (Å²) in [6.45, 7) is 28.2. The van der Waals surface area contributed by atoms with Crippen LogP contribution >= 0.6 is 0 Å². The number of nitrogens with zero attached hydrogens (tertiary/aromatic N) is 7. The lowest BCUT2D eigenvalue weighted by Gasteiger charge is -2.33. The van der Waals surface area contributed by atoms with E-state index in [-0.39, 0.29) is 21.7 Å². The zero-order chi connectivity index (χ0) is 44.8. The van der Waals surface area contributed by atoms with Crippen LogP contribution in [0.15, 0.2) is 121 Å². The van der Waals surface area contributed by atoms with Gasteiger partial charge >= 0.3 is 0 Å². The number of aromatic nitrogens is 5. The van der Waals surface area contributed by atoms with E-state index in [0.29, 0.717) is 17.5 Å². The molecule has 7 nitrogen and oxygen atoms in total. The quantitative estimate of drug-likeness (QED) is 0.172. The maximum Gasteiger partial charge on any atom is 0.164 e. The Morgan fingerprint density at radius 3 is 1.71 bits per heavy atom. The highest BCUT2D eigenvalue weighted by atomic mass is 15.4. The largest absolute Gasteiger partial charge is 0.355 e. The van der Waals surface area contributed by atoms with Crippen LogP contribution in [0.3, 0.4) is 0 Å². The first-order valence-electron chi connectivity index (χ1n) is 22.3. The summed E-state index contributed by atoms with van der Waals surface area (Å²) < 4.78 is 2.29. The topological polar surface area (TPSA) is 63.0 Å². The molecular weight excluding hydrogens is 771 g/mol. The van der Waals surface area contributed by atoms with Gasteiger partial charge in [0.1, 0.15) is 5.82 Å². The van der Waals surface area contributed by atoms with Gasteiger partial charge in [0, 0.05) is 46.4 Å². The van der Waals surface area contributed by atoms with E-state index in [4.69, 9.17) is 19.9 Å². The number of para-hydroxylation sites is 3. The van der Waals surface area contributed by atoms with Crippen molar-refractivity contribution in [2.45, 2.75) is 105 Å². The molecule has 0 spiro atoms. The molecule has 4 heterocycles. The second-order valence-corrected chi connectivity index (χ2v) is 21.5. The molecule has 63 heavy (non-hydrogen) atoms. The molecule has 0 saturated heterocycles. The van der Waals surface area contributed by atoms with Gasteiger partial charge in [-0.25, -0.2) is 19.9 Å². The SMILES string of the molecule is CN1CN(c2cccc(-c3nc(-c4ccc5c6ccccc6n(-c6cc(C(C)(C)C)ccn6)c5c4)nc(-c4c(C(C)(C)C)cc(C(C)(C)C)cc4C(C)(C)C)n3)c2)c2ccccc21. The summed E-state index contributed by atoms with van der Waals surface area (Å²) in [4.78, 5) is 26.0. The van der Waals surface area contributed by atoms with Crippen molar-refractivity contribution in [3.63, 3.8) is 0 Å². The third-order valence-electron chi connectivity index (χ3n) is 12.6. The lowest BCUT2D eigenvalue weighted by Crippen LogP contribution is -2.24. The lowest BCUT2D eigenvalue weighted by atomic mass is 9.72. The van der Waals surface area contributed by atoms with Crippen LogP contribution in [-0.2, 0) is 21.7 Å². The predicted molar refractivity (Wildman–Crippen MR) is 265 cm³/mol. The van der Waals surface area contributed by atoms with Crippen molar-refractivity contribution in [1.82, 2.24) is 24.5 Å². The van der Waals surface area contributed by atoms with E-state index >= 15 is 0 Å². The molecule has 3 aromatic heterocycles. The number of benzene rings is 5. The average Bonchev–Trinajstić information content (AvgIpc) is 3.76. The molecule has 0 amide bonds. The van der Waals surface area contributed by atoms with Gasteiger partial charge in [-0.3, -0.25) is 4.57 Å². The van der Waals surface area contributed by atoms with Crippen molar-refractivity contribution in [3.8, 4) is 40.0 Å². The van der Waals surface area contributed by atoms with Gasteiger partial charge in [0.25, 0.3) is 0 Å². The third-order valence-corrected chi connectivity index (χ3v) is 12.6. The first-order chi connectivity index (χ1) is 29.7. The van der Waals surface area contributed by atoms with E-state index in [2.05, 4.69) is 220 Å². The van der Waals surface area contributed by atoms with Crippen LogP contribution in [0.4, 0.5) is 17.1 Å². The zero-order valence-corrected chi connectivity index (χ0v) is 39.4. The van der Waals surface area contributed by atoms with E-state index < -0.39 is 0 Å². The monoisotopic (exact) mass is 831 g/mol. The number of pyridine rings is 1. The van der Waals surface area contributed by atoms with Gasteiger partial charge in [0.2, 0.25) is 0 Å². The zero-order valence-electron chi connectivity index (χ0n) is 39.4. The smallest absolute Gasteiger partial charge is 0.164 e. The molecule has 8 aromatic rings. The molecule has 0 atom stereocenters. The minimum Gasteiger partial charge on any atom is -0.355 e. The van der Waals surface area contributed by atoms with Gasteiger partial charge in [-0.1, -0.05) is 150 Å². The lowest BCUT2D eigenvalue weighted by molar-refractivity contribution is 0.550. The fourth-order valence-corrected chi connectivity index (χ4v) is 9.02. The normalized spacial score (nSPS) is 13.7.